The molecule has 2 aromatic carbocycles. The monoisotopic (exact) mass is 534 g/mol. The number of hydrogen-bond acceptors (Lipinski definition) is 3. The van der Waals surface area contributed by atoms with Crippen molar-refractivity contribution >= 4 is 5.97 Å². The molecule has 2 aromatic rings. The van der Waals surface area contributed by atoms with Crippen LogP contribution in [0.2, 0.25) is 0 Å². The Morgan fingerprint density at radius 2 is 1.18 bits per heavy atom. The lowest BCUT2D eigenvalue weighted by atomic mass is 9.78. The molecule has 3 nitrogen and oxygen atoms in total. The topological polar surface area (TPSA) is 35.5 Å². The number of benzene rings is 2. The Morgan fingerprint density at radius 3 is 1.82 bits per heavy atom. The van der Waals surface area contributed by atoms with Crippen LogP contribution in [0.5, 0.6) is 11.5 Å². The molecule has 3 heteroatoms. The lowest BCUT2D eigenvalue weighted by molar-refractivity contribution is 0.0734. The second kappa shape index (κ2) is 18.9. The summed E-state index contributed by atoms with van der Waals surface area (Å²) in [4.78, 5) is 12.6. The van der Waals surface area contributed by atoms with Gasteiger partial charge in [-0.25, -0.2) is 4.79 Å². The summed E-state index contributed by atoms with van der Waals surface area (Å²) in [5, 5.41) is 0. The molecule has 0 spiro atoms. The molecule has 0 radical (unpaired) electrons. The molecule has 0 aliphatic heterocycles. The third-order valence-electron chi connectivity index (χ3n) is 8.51. The number of carbonyl (C=O) groups excluding carboxylic acids is 1. The van der Waals surface area contributed by atoms with Gasteiger partial charge in [-0.2, -0.15) is 0 Å². The van der Waals surface area contributed by atoms with Crippen LogP contribution in [0, 0.1) is 11.8 Å². The zero-order chi connectivity index (χ0) is 27.5. The van der Waals surface area contributed by atoms with Gasteiger partial charge in [-0.05, 0) is 73.1 Å². The van der Waals surface area contributed by atoms with E-state index in [1.54, 1.807) is 12.1 Å². The van der Waals surface area contributed by atoms with E-state index in [4.69, 9.17) is 9.47 Å². The van der Waals surface area contributed by atoms with Gasteiger partial charge in [-0.15, -0.1) is 0 Å². The van der Waals surface area contributed by atoms with E-state index in [1.807, 2.05) is 24.3 Å². The summed E-state index contributed by atoms with van der Waals surface area (Å²) in [7, 11) is 0. The molecule has 0 aromatic heterocycles. The summed E-state index contributed by atoms with van der Waals surface area (Å²) in [5.74, 6) is 2.93. The molecule has 1 aliphatic carbocycles. The van der Waals surface area contributed by atoms with Crippen molar-refractivity contribution in [1.29, 1.82) is 0 Å². The van der Waals surface area contributed by atoms with E-state index < -0.39 is 0 Å². The molecule has 3 rings (SSSR count). The third-order valence-corrected chi connectivity index (χ3v) is 8.51. The first-order chi connectivity index (χ1) is 19.2. The van der Waals surface area contributed by atoms with Crippen molar-refractivity contribution < 1.29 is 14.3 Å². The maximum atomic E-state index is 12.6. The molecule has 0 unspecified atom stereocenters. The molecule has 0 atom stereocenters. The summed E-state index contributed by atoms with van der Waals surface area (Å²) >= 11 is 0. The summed E-state index contributed by atoms with van der Waals surface area (Å²) < 4.78 is 11.4. The molecule has 1 saturated carbocycles. The van der Waals surface area contributed by atoms with Crippen LogP contribution in [-0.2, 0) is 6.42 Å². The van der Waals surface area contributed by atoms with E-state index in [1.165, 1.54) is 108 Å². The van der Waals surface area contributed by atoms with Crippen molar-refractivity contribution in [3.05, 3.63) is 59.7 Å². The molecule has 0 bridgehead atoms. The van der Waals surface area contributed by atoms with E-state index in [0.717, 1.165) is 37.0 Å². The van der Waals surface area contributed by atoms with Gasteiger partial charge in [0.05, 0.1) is 12.2 Å². The van der Waals surface area contributed by atoms with Crippen LogP contribution in [0.4, 0.5) is 0 Å². The van der Waals surface area contributed by atoms with Crippen LogP contribution in [0.3, 0.4) is 0 Å². The number of rotatable bonds is 19. The Hall–Kier alpha value is -2.29. The molecular weight excluding hydrogens is 480 g/mol. The van der Waals surface area contributed by atoms with Crippen molar-refractivity contribution in [1.82, 2.24) is 0 Å². The maximum Gasteiger partial charge on any atom is 0.343 e. The van der Waals surface area contributed by atoms with Crippen molar-refractivity contribution in [3.8, 4) is 11.5 Å². The Labute approximate surface area is 239 Å². The Kier molecular flexibility index (Phi) is 15.1. The standard InChI is InChI=1S/C36H54O3/c1-3-5-7-9-11-13-29-38-34-27-23-33(24-28-34)36(37)39-35-25-21-32(22-26-35)20-19-31-17-15-30(16-18-31)14-12-10-8-6-4-2/h21-28,30-31H,3-20,29H2,1-2H3. The molecule has 1 aliphatic rings. The predicted molar refractivity (Wildman–Crippen MR) is 164 cm³/mol. The van der Waals surface area contributed by atoms with E-state index in [2.05, 4.69) is 26.0 Å². The number of ether oxygens (including phenoxy) is 2. The largest absolute Gasteiger partial charge is 0.494 e. The number of hydrogen-bond donors (Lipinski definition) is 0. The first-order valence-electron chi connectivity index (χ1n) is 16.2. The van der Waals surface area contributed by atoms with Gasteiger partial charge in [0.2, 0.25) is 0 Å². The summed E-state index contributed by atoms with van der Waals surface area (Å²) in [6, 6.07) is 15.4. The van der Waals surface area contributed by atoms with E-state index in [9.17, 15) is 4.79 Å². The first kappa shape index (κ1) is 31.2. The van der Waals surface area contributed by atoms with E-state index in [-0.39, 0.29) is 5.97 Å². The average molecular weight is 535 g/mol. The molecule has 0 amide bonds. The lowest BCUT2D eigenvalue weighted by Gasteiger charge is -2.28. The van der Waals surface area contributed by atoms with Crippen molar-refractivity contribution in [3.63, 3.8) is 0 Å². The van der Waals surface area contributed by atoms with Crippen LogP contribution < -0.4 is 9.47 Å². The van der Waals surface area contributed by atoms with Gasteiger partial charge in [0.15, 0.2) is 0 Å². The zero-order valence-corrected chi connectivity index (χ0v) is 24.9. The van der Waals surface area contributed by atoms with Gasteiger partial charge >= 0.3 is 5.97 Å². The smallest absolute Gasteiger partial charge is 0.343 e. The third kappa shape index (κ3) is 12.6. The minimum atomic E-state index is -0.327. The maximum absolute atomic E-state index is 12.6. The summed E-state index contributed by atoms with van der Waals surface area (Å²) in [6.07, 6.45) is 24.0. The highest BCUT2D eigenvalue weighted by molar-refractivity contribution is 5.91. The minimum absolute atomic E-state index is 0.327. The first-order valence-corrected chi connectivity index (χ1v) is 16.2. The number of aryl methyl sites for hydroxylation is 1. The number of carbonyl (C=O) groups is 1. The second-order valence-corrected chi connectivity index (χ2v) is 11.8. The predicted octanol–water partition coefficient (Wildman–Crippen LogP) is 10.7. The molecule has 0 saturated heterocycles. The van der Waals surface area contributed by atoms with Crippen LogP contribution in [0.25, 0.3) is 0 Å². The highest BCUT2D eigenvalue weighted by Gasteiger charge is 2.20. The molecule has 0 heterocycles. The lowest BCUT2D eigenvalue weighted by Crippen LogP contribution is -2.15. The molecular formula is C36H54O3. The fraction of sp³-hybridized carbons (Fsp3) is 0.639. The average Bonchev–Trinajstić information content (AvgIpc) is 2.97. The fourth-order valence-corrected chi connectivity index (χ4v) is 5.87. The highest BCUT2D eigenvalue weighted by Crippen LogP contribution is 2.34. The summed E-state index contributed by atoms with van der Waals surface area (Å²) in [6.45, 7) is 5.25. The van der Waals surface area contributed by atoms with Crippen molar-refractivity contribution in [2.45, 2.75) is 129 Å². The van der Waals surface area contributed by atoms with Gasteiger partial charge in [-0.3, -0.25) is 0 Å². The van der Waals surface area contributed by atoms with Gasteiger partial charge in [0, 0.05) is 0 Å². The SMILES string of the molecule is CCCCCCCCOc1ccc(C(=O)Oc2ccc(CCC3CCC(CCCCCCC)CC3)cc2)cc1. The van der Waals surface area contributed by atoms with Gasteiger partial charge in [-0.1, -0.05) is 122 Å². The molecule has 0 N–H and O–H groups in total. The van der Waals surface area contributed by atoms with E-state index in [0.29, 0.717) is 11.3 Å². The van der Waals surface area contributed by atoms with E-state index >= 15 is 0 Å². The van der Waals surface area contributed by atoms with Crippen molar-refractivity contribution in [2.24, 2.45) is 11.8 Å². The molecule has 1 fully saturated rings. The second-order valence-electron chi connectivity index (χ2n) is 11.8. The Bertz CT molecular complexity index is 894. The van der Waals surface area contributed by atoms with Gasteiger partial charge in [0.1, 0.15) is 11.5 Å². The van der Waals surface area contributed by atoms with Crippen LogP contribution in [0.1, 0.15) is 139 Å². The van der Waals surface area contributed by atoms with Crippen molar-refractivity contribution in [2.75, 3.05) is 6.61 Å². The highest BCUT2D eigenvalue weighted by atomic mass is 16.5. The van der Waals surface area contributed by atoms with Gasteiger partial charge in [0.25, 0.3) is 0 Å². The fourth-order valence-electron chi connectivity index (χ4n) is 5.87. The molecule has 216 valence electrons. The van der Waals surface area contributed by atoms with Crippen LogP contribution in [0.15, 0.2) is 48.5 Å². The number of unbranched alkanes of at least 4 members (excludes halogenated alkanes) is 9. The number of esters is 1. The summed E-state index contributed by atoms with van der Waals surface area (Å²) in [5.41, 5.74) is 1.88. The van der Waals surface area contributed by atoms with Crippen LogP contribution in [-0.4, -0.2) is 12.6 Å². The Balaban J connectivity index is 1.30. The minimum Gasteiger partial charge on any atom is -0.494 e. The molecule has 39 heavy (non-hydrogen) atoms. The zero-order valence-electron chi connectivity index (χ0n) is 24.9. The normalized spacial score (nSPS) is 17.2. The Morgan fingerprint density at radius 1 is 0.641 bits per heavy atom. The van der Waals surface area contributed by atoms with Gasteiger partial charge < -0.3 is 9.47 Å². The van der Waals surface area contributed by atoms with Crippen LogP contribution >= 0.6 is 0 Å². The quantitative estimate of drug-likeness (QED) is 0.102.